The minimum atomic E-state index is -1.35. The second-order valence-electron chi connectivity index (χ2n) is 5.41. The van der Waals surface area contributed by atoms with Crippen LogP contribution in [0.5, 0.6) is 5.75 Å². The number of carbonyl (C=O) groups excluding carboxylic acids is 1. The van der Waals surface area contributed by atoms with Crippen molar-refractivity contribution in [3.8, 4) is 5.75 Å². The lowest BCUT2D eigenvalue weighted by atomic mass is 10.1. The second kappa shape index (κ2) is 7.57. The lowest BCUT2D eigenvalue weighted by Gasteiger charge is -2.09. The van der Waals surface area contributed by atoms with Gasteiger partial charge >= 0.3 is 5.97 Å². The van der Waals surface area contributed by atoms with Crippen molar-refractivity contribution >= 4 is 23.5 Å². The van der Waals surface area contributed by atoms with Gasteiger partial charge in [0.05, 0.1) is 6.61 Å². The molecule has 0 saturated heterocycles. The monoisotopic (exact) mass is 351 g/mol. The van der Waals surface area contributed by atoms with Crippen molar-refractivity contribution in [1.82, 2.24) is 0 Å². The first-order valence-electron chi connectivity index (χ1n) is 8.06. The molecule has 1 aliphatic heterocycles. The topological polar surface area (TPSA) is 84.9 Å². The number of carboxylic acids is 1. The van der Waals surface area contributed by atoms with E-state index >= 15 is 0 Å². The third-order valence-electron chi connectivity index (χ3n) is 3.64. The van der Waals surface area contributed by atoms with Gasteiger partial charge in [0.25, 0.3) is 0 Å². The Morgan fingerprint density at radius 2 is 1.85 bits per heavy atom. The van der Waals surface area contributed by atoms with Crippen molar-refractivity contribution < 1.29 is 24.2 Å². The molecule has 3 rings (SSSR count). The molecule has 0 aliphatic carbocycles. The first-order valence-corrected chi connectivity index (χ1v) is 8.06. The average Bonchev–Trinajstić information content (AvgIpc) is 2.93. The predicted octanol–water partition coefficient (Wildman–Crippen LogP) is 3.43. The summed E-state index contributed by atoms with van der Waals surface area (Å²) >= 11 is 0. The van der Waals surface area contributed by atoms with E-state index < -0.39 is 17.3 Å². The maximum absolute atomic E-state index is 12.5. The first-order chi connectivity index (χ1) is 12.6. The van der Waals surface area contributed by atoms with Crippen LogP contribution in [0, 0.1) is 0 Å². The Hall–Kier alpha value is -3.54. The molecular formula is C20H17NO5. The third-order valence-corrected chi connectivity index (χ3v) is 3.64. The van der Waals surface area contributed by atoms with Crippen LogP contribution in [-0.4, -0.2) is 23.5 Å². The summed E-state index contributed by atoms with van der Waals surface area (Å²) in [6, 6.07) is 16.0. The highest BCUT2D eigenvalue weighted by Crippen LogP contribution is 2.30. The Kier molecular flexibility index (Phi) is 5.03. The second-order valence-corrected chi connectivity index (χ2v) is 5.41. The molecule has 0 amide bonds. The van der Waals surface area contributed by atoms with E-state index in [1.807, 2.05) is 19.1 Å². The Morgan fingerprint density at radius 1 is 1.15 bits per heavy atom. The number of ketones is 1. The summed E-state index contributed by atoms with van der Waals surface area (Å²) < 4.78 is 11.1. The number of Topliss-reactive ketones (excluding diaryl/α,β-unsaturated/α-hetero) is 1. The molecule has 0 radical (unpaired) electrons. The zero-order valence-electron chi connectivity index (χ0n) is 14.1. The van der Waals surface area contributed by atoms with Crippen molar-refractivity contribution in [2.75, 3.05) is 11.9 Å². The lowest BCUT2D eigenvalue weighted by Crippen LogP contribution is -2.12. The Balaban J connectivity index is 1.93. The zero-order valence-corrected chi connectivity index (χ0v) is 14.1. The molecule has 6 nitrogen and oxygen atoms in total. The summed E-state index contributed by atoms with van der Waals surface area (Å²) in [6.45, 7) is 2.32. The molecule has 0 spiro atoms. The van der Waals surface area contributed by atoms with Crippen LogP contribution in [0.25, 0.3) is 6.08 Å². The SMILES string of the molecule is CCOc1ccccc1/C=C1\OC(Nc2ccccc2)=C(C(=O)O)C1=O. The van der Waals surface area contributed by atoms with E-state index in [-0.39, 0.29) is 11.6 Å². The molecule has 2 N–H and O–H groups in total. The first kappa shape index (κ1) is 17.3. The maximum atomic E-state index is 12.5. The number of benzene rings is 2. The van der Waals surface area contributed by atoms with E-state index in [0.717, 1.165) is 0 Å². The van der Waals surface area contributed by atoms with Gasteiger partial charge in [-0.2, -0.15) is 0 Å². The maximum Gasteiger partial charge on any atom is 0.345 e. The Bertz CT molecular complexity index is 899. The standard InChI is InChI=1S/C20H17NO5/c1-2-25-15-11-7-6-8-13(15)12-16-18(22)17(20(23)24)19(26-16)21-14-9-4-3-5-10-14/h3-12,21H,2H2,1H3,(H,23,24)/b16-12-. The number of carboxylic acid groups (broad SMARTS) is 1. The summed E-state index contributed by atoms with van der Waals surface area (Å²) in [4.78, 5) is 24.0. The number of aliphatic carboxylic acids is 1. The van der Waals surface area contributed by atoms with E-state index in [9.17, 15) is 14.7 Å². The van der Waals surface area contributed by atoms with Gasteiger partial charge in [0.2, 0.25) is 11.7 Å². The molecule has 1 heterocycles. The fourth-order valence-corrected chi connectivity index (χ4v) is 2.49. The number of ether oxygens (including phenoxy) is 2. The summed E-state index contributed by atoms with van der Waals surface area (Å²) in [6.07, 6.45) is 1.48. The molecule has 2 aromatic rings. The van der Waals surface area contributed by atoms with Gasteiger partial charge in [0, 0.05) is 11.3 Å². The fraction of sp³-hybridized carbons (Fsp3) is 0.100. The van der Waals surface area contributed by atoms with Gasteiger partial charge in [-0.05, 0) is 31.2 Å². The normalized spacial score (nSPS) is 15.1. The Morgan fingerprint density at radius 3 is 2.54 bits per heavy atom. The van der Waals surface area contributed by atoms with Crippen molar-refractivity contribution in [3.63, 3.8) is 0 Å². The van der Waals surface area contributed by atoms with Crippen molar-refractivity contribution in [2.45, 2.75) is 6.92 Å². The van der Waals surface area contributed by atoms with Crippen molar-refractivity contribution in [2.24, 2.45) is 0 Å². The number of allylic oxidation sites excluding steroid dienone is 1. The summed E-state index contributed by atoms with van der Waals surface area (Å²) in [5.41, 5.74) is 0.808. The van der Waals surface area contributed by atoms with Crippen LogP contribution in [0.2, 0.25) is 0 Å². The number of hydrogen-bond acceptors (Lipinski definition) is 5. The van der Waals surface area contributed by atoms with Gasteiger partial charge in [-0.25, -0.2) is 4.79 Å². The van der Waals surface area contributed by atoms with E-state index in [2.05, 4.69) is 5.32 Å². The van der Waals surface area contributed by atoms with Crippen LogP contribution >= 0.6 is 0 Å². The number of rotatable bonds is 6. The number of hydrogen-bond donors (Lipinski definition) is 2. The fourth-order valence-electron chi connectivity index (χ4n) is 2.49. The van der Waals surface area contributed by atoms with E-state index in [0.29, 0.717) is 23.6 Å². The van der Waals surface area contributed by atoms with Crippen LogP contribution in [-0.2, 0) is 14.3 Å². The summed E-state index contributed by atoms with van der Waals surface area (Å²) in [7, 11) is 0. The van der Waals surface area contributed by atoms with Crippen LogP contribution < -0.4 is 10.1 Å². The average molecular weight is 351 g/mol. The number of anilines is 1. The van der Waals surface area contributed by atoms with Gasteiger partial charge in [-0.3, -0.25) is 4.79 Å². The molecule has 6 heteroatoms. The van der Waals surface area contributed by atoms with Gasteiger partial charge in [0.15, 0.2) is 11.3 Å². The molecule has 0 bridgehead atoms. The summed E-state index contributed by atoms with van der Waals surface area (Å²) in [5, 5.41) is 12.2. The quantitative estimate of drug-likeness (QED) is 0.613. The summed E-state index contributed by atoms with van der Waals surface area (Å²) in [5.74, 6) is -1.64. The number of carbonyl (C=O) groups is 2. The lowest BCUT2D eigenvalue weighted by molar-refractivity contribution is -0.134. The molecule has 0 fully saturated rings. The van der Waals surface area contributed by atoms with Crippen molar-refractivity contribution in [3.05, 3.63) is 77.4 Å². The molecule has 0 saturated carbocycles. The molecule has 1 aliphatic rings. The zero-order chi connectivity index (χ0) is 18.5. The number of para-hydroxylation sites is 2. The molecule has 0 aromatic heterocycles. The molecule has 2 aromatic carbocycles. The molecule has 132 valence electrons. The highest BCUT2D eigenvalue weighted by Gasteiger charge is 2.36. The van der Waals surface area contributed by atoms with Crippen molar-refractivity contribution in [1.29, 1.82) is 0 Å². The largest absolute Gasteiger partial charge is 0.493 e. The Labute approximate surface area is 150 Å². The van der Waals surface area contributed by atoms with Gasteiger partial charge < -0.3 is 19.9 Å². The predicted molar refractivity (Wildman–Crippen MR) is 96.4 cm³/mol. The minimum Gasteiger partial charge on any atom is -0.493 e. The highest BCUT2D eigenvalue weighted by atomic mass is 16.5. The smallest absolute Gasteiger partial charge is 0.345 e. The molecule has 0 atom stereocenters. The van der Waals surface area contributed by atoms with Crippen LogP contribution in [0.4, 0.5) is 5.69 Å². The van der Waals surface area contributed by atoms with E-state index in [4.69, 9.17) is 9.47 Å². The van der Waals surface area contributed by atoms with Crippen LogP contribution in [0.3, 0.4) is 0 Å². The molecule has 0 unspecified atom stereocenters. The third kappa shape index (κ3) is 3.59. The van der Waals surface area contributed by atoms with Crippen LogP contribution in [0.15, 0.2) is 71.8 Å². The van der Waals surface area contributed by atoms with Gasteiger partial charge in [-0.1, -0.05) is 36.4 Å². The van der Waals surface area contributed by atoms with Crippen LogP contribution in [0.1, 0.15) is 12.5 Å². The molecular weight excluding hydrogens is 334 g/mol. The van der Waals surface area contributed by atoms with E-state index in [1.54, 1.807) is 42.5 Å². The minimum absolute atomic E-state index is 0.0759. The van der Waals surface area contributed by atoms with E-state index in [1.165, 1.54) is 6.08 Å². The molecule has 26 heavy (non-hydrogen) atoms. The van der Waals surface area contributed by atoms with Gasteiger partial charge in [-0.15, -0.1) is 0 Å². The number of nitrogens with one attached hydrogen (secondary N) is 1. The highest BCUT2D eigenvalue weighted by molar-refractivity contribution is 6.26. The van der Waals surface area contributed by atoms with Gasteiger partial charge in [0.1, 0.15) is 5.75 Å².